The summed E-state index contributed by atoms with van der Waals surface area (Å²) < 4.78 is 0. The Morgan fingerprint density at radius 3 is 2.75 bits per heavy atom. The largest absolute Gasteiger partial charge is 0.323 e. The van der Waals surface area contributed by atoms with Gasteiger partial charge in [-0.25, -0.2) is 4.79 Å². The van der Waals surface area contributed by atoms with Gasteiger partial charge in [-0.1, -0.05) is 0 Å². The Balaban J connectivity index is 2.04. The first-order valence-electron chi connectivity index (χ1n) is 6.25. The highest BCUT2D eigenvalue weighted by Gasteiger charge is 2.62. The van der Waals surface area contributed by atoms with Crippen molar-refractivity contribution in [1.29, 1.82) is 5.41 Å². The maximum Gasteiger partial charge on any atom is 0.323 e. The van der Waals surface area contributed by atoms with Gasteiger partial charge in [-0.15, -0.1) is 0 Å². The van der Waals surface area contributed by atoms with E-state index in [1.165, 1.54) is 19.3 Å². The van der Waals surface area contributed by atoms with E-state index in [9.17, 15) is 4.79 Å². The van der Waals surface area contributed by atoms with Crippen molar-refractivity contribution in [3.63, 3.8) is 0 Å². The lowest BCUT2D eigenvalue weighted by Crippen LogP contribution is -2.55. The Morgan fingerprint density at radius 2 is 2.25 bits per heavy atom. The summed E-state index contributed by atoms with van der Waals surface area (Å²) in [5, 5.41) is 10.9. The van der Waals surface area contributed by atoms with Gasteiger partial charge in [0.15, 0.2) is 0 Å². The number of hydrogen-bond acceptors (Lipinski definition) is 2. The molecule has 2 amide bonds. The fraction of sp³-hybridized carbons (Fsp3) is 0.833. The molecule has 0 aromatic heterocycles. The Labute approximate surface area is 95.9 Å². The summed E-state index contributed by atoms with van der Waals surface area (Å²) in [5.74, 6) is 1.71. The molecular formula is C12H19N3O. The van der Waals surface area contributed by atoms with Crippen LogP contribution in [0.4, 0.5) is 4.79 Å². The van der Waals surface area contributed by atoms with Gasteiger partial charge in [-0.05, 0) is 51.4 Å². The highest BCUT2D eigenvalue weighted by atomic mass is 16.2. The third-order valence-corrected chi connectivity index (χ3v) is 4.65. The number of rotatable bonds is 1. The zero-order chi connectivity index (χ0) is 11.5. The van der Waals surface area contributed by atoms with Crippen molar-refractivity contribution in [3.8, 4) is 0 Å². The van der Waals surface area contributed by atoms with E-state index in [1.54, 1.807) is 0 Å². The number of urea groups is 1. The number of amides is 2. The van der Waals surface area contributed by atoms with Crippen LogP contribution in [0.15, 0.2) is 0 Å². The molecule has 3 fully saturated rings. The summed E-state index contributed by atoms with van der Waals surface area (Å²) in [6.45, 7) is 4.10. The standard InChI is InChI=1S/C12H19N3O/c1-7(2)15-11(16)14-10(13)12(15)6-8-3-4-9(12)5-8/h7-9H,3-6H2,1-2H3,(H2,13,14,16). The average molecular weight is 221 g/mol. The summed E-state index contributed by atoms with van der Waals surface area (Å²) in [6.07, 6.45) is 4.69. The molecule has 1 spiro atoms. The van der Waals surface area contributed by atoms with Crippen LogP contribution in [0.1, 0.15) is 39.5 Å². The molecule has 88 valence electrons. The maximum absolute atomic E-state index is 11.9. The number of nitrogens with one attached hydrogen (secondary N) is 2. The average Bonchev–Trinajstić information content (AvgIpc) is 2.81. The number of carbonyl (C=O) groups excluding carboxylic acids is 1. The quantitative estimate of drug-likeness (QED) is 0.698. The van der Waals surface area contributed by atoms with E-state index in [-0.39, 0.29) is 17.6 Å². The van der Waals surface area contributed by atoms with Crippen molar-refractivity contribution in [2.75, 3.05) is 0 Å². The van der Waals surface area contributed by atoms with Crippen molar-refractivity contribution in [1.82, 2.24) is 10.2 Å². The van der Waals surface area contributed by atoms with Crippen molar-refractivity contribution >= 4 is 11.9 Å². The second-order valence-corrected chi connectivity index (χ2v) is 5.77. The molecule has 1 aliphatic heterocycles. The molecule has 4 heteroatoms. The van der Waals surface area contributed by atoms with E-state index < -0.39 is 0 Å². The topological polar surface area (TPSA) is 56.2 Å². The highest BCUT2D eigenvalue weighted by molar-refractivity contribution is 6.09. The first-order chi connectivity index (χ1) is 7.55. The third kappa shape index (κ3) is 1.00. The first-order valence-corrected chi connectivity index (χ1v) is 6.25. The van der Waals surface area contributed by atoms with E-state index in [4.69, 9.17) is 5.41 Å². The fourth-order valence-electron chi connectivity index (χ4n) is 4.17. The predicted octanol–water partition coefficient (Wildman–Crippen LogP) is 1.96. The van der Waals surface area contributed by atoms with Gasteiger partial charge in [0.1, 0.15) is 11.4 Å². The van der Waals surface area contributed by atoms with Gasteiger partial charge < -0.3 is 4.90 Å². The Hall–Kier alpha value is -1.06. The van der Waals surface area contributed by atoms with Crippen LogP contribution in [0.5, 0.6) is 0 Å². The Morgan fingerprint density at radius 1 is 1.50 bits per heavy atom. The van der Waals surface area contributed by atoms with Crippen molar-refractivity contribution in [3.05, 3.63) is 0 Å². The predicted molar refractivity (Wildman–Crippen MR) is 61.4 cm³/mol. The van der Waals surface area contributed by atoms with Crippen LogP contribution in [0.2, 0.25) is 0 Å². The van der Waals surface area contributed by atoms with Gasteiger partial charge in [0.2, 0.25) is 0 Å². The Kier molecular flexibility index (Phi) is 1.89. The minimum atomic E-state index is -0.270. The molecule has 1 heterocycles. The second-order valence-electron chi connectivity index (χ2n) is 5.77. The zero-order valence-electron chi connectivity index (χ0n) is 9.92. The molecule has 2 N–H and O–H groups in total. The molecule has 0 aromatic carbocycles. The molecule has 2 bridgehead atoms. The number of fused-ring (bicyclic) bond motifs is 3. The normalized spacial score (nSPS) is 41.6. The monoisotopic (exact) mass is 221 g/mol. The summed E-state index contributed by atoms with van der Waals surface area (Å²) in [7, 11) is 0. The molecule has 3 atom stereocenters. The van der Waals surface area contributed by atoms with Crippen LogP contribution in [0.25, 0.3) is 0 Å². The number of hydrogen-bond donors (Lipinski definition) is 2. The molecule has 2 saturated carbocycles. The van der Waals surface area contributed by atoms with Crippen LogP contribution in [0, 0.1) is 17.2 Å². The molecule has 16 heavy (non-hydrogen) atoms. The van der Waals surface area contributed by atoms with Crippen LogP contribution in [-0.4, -0.2) is 28.3 Å². The molecule has 3 unspecified atom stereocenters. The number of nitrogens with zero attached hydrogens (tertiary/aromatic N) is 1. The highest BCUT2D eigenvalue weighted by Crippen LogP contribution is 2.55. The maximum atomic E-state index is 11.9. The summed E-state index contributed by atoms with van der Waals surface area (Å²) in [5.41, 5.74) is -0.270. The summed E-state index contributed by atoms with van der Waals surface area (Å²) >= 11 is 0. The zero-order valence-corrected chi connectivity index (χ0v) is 9.92. The van der Waals surface area contributed by atoms with Gasteiger partial charge in [0.25, 0.3) is 0 Å². The molecule has 4 nitrogen and oxygen atoms in total. The molecule has 3 aliphatic rings. The molecule has 0 aromatic rings. The molecule has 2 aliphatic carbocycles. The SMILES string of the molecule is CC(C)N1C(=O)NC(=N)C12CC1CCC2C1. The first kappa shape index (κ1) is 10.1. The Bertz CT molecular complexity index is 365. The van der Waals surface area contributed by atoms with Crippen LogP contribution in [-0.2, 0) is 0 Å². The van der Waals surface area contributed by atoms with Crippen molar-refractivity contribution in [2.45, 2.75) is 51.1 Å². The van der Waals surface area contributed by atoms with Crippen molar-refractivity contribution in [2.24, 2.45) is 11.8 Å². The van der Waals surface area contributed by atoms with Crippen LogP contribution >= 0.6 is 0 Å². The van der Waals surface area contributed by atoms with E-state index in [1.807, 2.05) is 18.7 Å². The van der Waals surface area contributed by atoms with E-state index in [0.717, 1.165) is 12.3 Å². The van der Waals surface area contributed by atoms with Gasteiger partial charge in [0, 0.05) is 6.04 Å². The van der Waals surface area contributed by atoms with Gasteiger partial charge in [-0.2, -0.15) is 0 Å². The number of amidine groups is 1. The second kappa shape index (κ2) is 2.99. The van der Waals surface area contributed by atoms with Crippen LogP contribution in [0.3, 0.4) is 0 Å². The summed E-state index contributed by atoms with van der Waals surface area (Å²) in [6, 6.07) is 0.120. The van der Waals surface area contributed by atoms with Gasteiger partial charge in [0.05, 0.1) is 0 Å². The third-order valence-electron chi connectivity index (χ3n) is 4.65. The number of carbonyl (C=O) groups is 1. The van der Waals surface area contributed by atoms with E-state index in [0.29, 0.717) is 11.8 Å². The molecule has 3 rings (SSSR count). The van der Waals surface area contributed by atoms with Crippen molar-refractivity contribution < 1.29 is 4.79 Å². The van der Waals surface area contributed by atoms with E-state index >= 15 is 0 Å². The summed E-state index contributed by atoms with van der Waals surface area (Å²) in [4.78, 5) is 13.9. The molecular weight excluding hydrogens is 202 g/mol. The smallest absolute Gasteiger partial charge is 0.309 e. The minimum absolute atomic E-state index is 0.0625. The lowest BCUT2D eigenvalue weighted by Gasteiger charge is -2.42. The van der Waals surface area contributed by atoms with Crippen LogP contribution < -0.4 is 5.32 Å². The molecule has 0 radical (unpaired) electrons. The minimum Gasteiger partial charge on any atom is -0.309 e. The van der Waals surface area contributed by atoms with Gasteiger partial charge >= 0.3 is 6.03 Å². The molecule has 1 saturated heterocycles. The fourth-order valence-corrected chi connectivity index (χ4v) is 4.17. The van der Waals surface area contributed by atoms with E-state index in [2.05, 4.69) is 5.32 Å². The lowest BCUT2D eigenvalue weighted by atomic mass is 9.79. The lowest BCUT2D eigenvalue weighted by molar-refractivity contribution is 0.110. The van der Waals surface area contributed by atoms with Gasteiger partial charge in [-0.3, -0.25) is 10.7 Å².